The van der Waals surface area contributed by atoms with Crippen LogP contribution >= 0.6 is 0 Å². The normalized spacial score (nSPS) is 12.3. The molecule has 0 radical (unpaired) electrons. The summed E-state index contributed by atoms with van der Waals surface area (Å²) in [4.78, 5) is 10.7. The van der Waals surface area contributed by atoms with Gasteiger partial charge in [0.05, 0.1) is 18.6 Å². The van der Waals surface area contributed by atoms with E-state index in [0.717, 1.165) is 18.6 Å². The van der Waals surface area contributed by atoms with Gasteiger partial charge >= 0.3 is 12.1 Å². The van der Waals surface area contributed by atoms with Crippen LogP contribution in [0.3, 0.4) is 0 Å². The Kier molecular flexibility index (Phi) is 6.46. The van der Waals surface area contributed by atoms with Crippen LogP contribution in [0, 0.1) is 0 Å². The van der Waals surface area contributed by atoms with E-state index in [9.17, 15) is 18.0 Å². The first kappa shape index (κ1) is 18.1. The van der Waals surface area contributed by atoms with Gasteiger partial charge in [-0.05, 0) is 36.6 Å². The molecule has 0 aliphatic heterocycles. The molecule has 0 amide bonds. The van der Waals surface area contributed by atoms with Crippen molar-refractivity contribution in [3.8, 4) is 5.75 Å². The van der Waals surface area contributed by atoms with Crippen LogP contribution in [0.25, 0.3) is 5.57 Å². The number of carboxylic acids is 1. The highest BCUT2D eigenvalue weighted by atomic mass is 19.4. The SMILES string of the molecule is CCCOc1ccc(C(F)(F)F)cc1/C(=C/CC(=O)O)CC. The molecule has 122 valence electrons. The van der Waals surface area contributed by atoms with Crippen molar-refractivity contribution in [2.24, 2.45) is 0 Å². The standard InChI is InChI=1S/C16H19F3O3/c1-3-9-22-14-7-6-12(16(17,18)19)10-13(14)11(4-2)5-8-15(20)21/h5-7,10H,3-4,8-9H2,1-2H3,(H,20,21)/b11-5+. The van der Waals surface area contributed by atoms with Gasteiger partial charge in [0.25, 0.3) is 0 Å². The smallest absolute Gasteiger partial charge is 0.416 e. The third kappa shape index (κ3) is 5.09. The molecule has 0 fully saturated rings. The molecule has 0 saturated carbocycles. The molecule has 0 saturated heterocycles. The summed E-state index contributed by atoms with van der Waals surface area (Å²) in [6, 6.07) is 3.28. The molecule has 0 unspecified atom stereocenters. The Morgan fingerprint density at radius 2 is 2.00 bits per heavy atom. The molecular formula is C16H19F3O3. The number of halogens is 3. The van der Waals surface area contributed by atoms with Gasteiger partial charge in [-0.2, -0.15) is 13.2 Å². The lowest BCUT2D eigenvalue weighted by atomic mass is 9.98. The average molecular weight is 316 g/mol. The Balaban J connectivity index is 3.30. The predicted molar refractivity (Wildman–Crippen MR) is 77.8 cm³/mol. The second-order valence-electron chi connectivity index (χ2n) is 4.74. The molecule has 0 bridgehead atoms. The van der Waals surface area contributed by atoms with Crippen LogP contribution in [0.15, 0.2) is 24.3 Å². The van der Waals surface area contributed by atoms with E-state index in [2.05, 4.69) is 0 Å². The summed E-state index contributed by atoms with van der Waals surface area (Å²) in [5, 5.41) is 8.74. The molecule has 1 aromatic rings. The Morgan fingerprint density at radius 3 is 2.50 bits per heavy atom. The van der Waals surface area contributed by atoms with Crippen LogP contribution in [-0.4, -0.2) is 17.7 Å². The van der Waals surface area contributed by atoms with E-state index < -0.39 is 17.7 Å². The molecule has 22 heavy (non-hydrogen) atoms. The van der Waals surface area contributed by atoms with E-state index in [1.54, 1.807) is 6.92 Å². The van der Waals surface area contributed by atoms with Gasteiger partial charge < -0.3 is 9.84 Å². The second-order valence-corrected chi connectivity index (χ2v) is 4.74. The van der Waals surface area contributed by atoms with Gasteiger partial charge in [0.1, 0.15) is 5.75 Å². The number of rotatable bonds is 7. The van der Waals surface area contributed by atoms with Crippen LogP contribution in [0.4, 0.5) is 13.2 Å². The van der Waals surface area contributed by atoms with Crippen LogP contribution in [0.2, 0.25) is 0 Å². The van der Waals surface area contributed by atoms with Crippen LogP contribution in [-0.2, 0) is 11.0 Å². The minimum atomic E-state index is -4.45. The molecule has 0 aliphatic carbocycles. The molecule has 1 aromatic carbocycles. The third-order valence-electron chi connectivity index (χ3n) is 3.02. The van der Waals surface area contributed by atoms with Crippen LogP contribution in [0.5, 0.6) is 5.75 Å². The monoisotopic (exact) mass is 316 g/mol. The zero-order valence-corrected chi connectivity index (χ0v) is 12.5. The number of hydrogen-bond donors (Lipinski definition) is 1. The first-order valence-electron chi connectivity index (χ1n) is 7.04. The number of aliphatic carboxylic acids is 1. The van der Waals surface area contributed by atoms with Gasteiger partial charge in [-0.25, -0.2) is 0 Å². The van der Waals surface area contributed by atoms with E-state index in [1.807, 2.05) is 6.92 Å². The van der Waals surface area contributed by atoms with Gasteiger partial charge in [-0.15, -0.1) is 0 Å². The lowest BCUT2D eigenvalue weighted by Gasteiger charge is -2.16. The summed E-state index contributed by atoms with van der Waals surface area (Å²) < 4.78 is 44.1. The molecular weight excluding hydrogens is 297 g/mol. The third-order valence-corrected chi connectivity index (χ3v) is 3.02. The van der Waals surface area contributed by atoms with E-state index in [-0.39, 0.29) is 6.42 Å². The van der Waals surface area contributed by atoms with Gasteiger partial charge in [0, 0.05) is 5.56 Å². The van der Waals surface area contributed by atoms with Crippen molar-refractivity contribution in [1.82, 2.24) is 0 Å². The van der Waals surface area contributed by atoms with Crippen molar-refractivity contribution >= 4 is 11.5 Å². The molecule has 3 nitrogen and oxygen atoms in total. The number of carboxylic acid groups (broad SMARTS) is 1. The molecule has 0 atom stereocenters. The van der Waals surface area contributed by atoms with Crippen molar-refractivity contribution in [2.45, 2.75) is 39.3 Å². The fourth-order valence-electron chi connectivity index (χ4n) is 1.95. The zero-order chi connectivity index (χ0) is 16.8. The van der Waals surface area contributed by atoms with Gasteiger partial charge in [0.2, 0.25) is 0 Å². The summed E-state index contributed by atoms with van der Waals surface area (Å²) in [7, 11) is 0. The van der Waals surface area contributed by atoms with Crippen molar-refractivity contribution in [2.75, 3.05) is 6.61 Å². The summed E-state index contributed by atoms with van der Waals surface area (Å²) in [6.07, 6.45) is -2.13. The fraction of sp³-hybridized carbons (Fsp3) is 0.438. The van der Waals surface area contributed by atoms with Gasteiger partial charge in [-0.3, -0.25) is 4.79 Å². The molecule has 0 aliphatic rings. The Bertz CT molecular complexity index is 548. The first-order valence-corrected chi connectivity index (χ1v) is 7.04. The molecule has 0 spiro atoms. The topological polar surface area (TPSA) is 46.5 Å². The lowest BCUT2D eigenvalue weighted by molar-refractivity contribution is -0.138. The molecule has 1 rings (SSSR count). The van der Waals surface area contributed by atoms with Crippen LogP contribution in [0.1, 0.15) is 44.2 Å². The maximum atomic E-state index is 12.9. The maximum absolute atomic E-state index is 12.9. The number of ether oxygens (including phenoxy) is 1. The summed E-state index contributed by atoms with van der Waals surface area (Å²) in [6.45, 7) is 4.04. The predicted octanol–water partition coefficient (Wildman–Crippen LogP) is 4.76. The Morgan fingerprint density at radius 1 is 1.32 bits per heavy atom. The fourth-order valence-corrected chi connectivity index (χ4v) is 1.95. The Labute approximate surface area is 127 Å². The number of allylic oxidation sites excluding steroid dienone is 1. The highest BCUT2D eigenvalue weighted by molar-refractivity contribution is 5.76. The van der Waals surface area contributed by atoms with Crippen LogP contribution < -0.4 is 4.74 Å². The summed E-state index contributed by atoms with van der Waals surface area (Å²) in [5.41, 5.74) is 0.0488. The minimum absolute atomic E-state index is 0.243. The Hall–Kier alpha value is -1.98. The number of alkyl halides is 3. The van der Waals surface area contributed by atoms with E-state index in [0.29, 0.717) is 29.9 Å². The number of benzene rings is 1. The molecule has 1 N–H and O–H groups in total. The van der Waals surface area contributed by atoms with Crippen molar-refractivity contribution in [1.29, 1.82) is 0 Å². The molecule has 6 heteroatoms. The van der Waals surface area contributed by atoms with Crippen molar-refractivity contribution in [3.63, 3.8) is 0 Å². The van der Waals surface area contributed by atoms with Gasteiger partial charge in [0.15, 0.2) is 0 Å². The van der Waals surface area contributed by atoms with E-state index >= 15 is 0 Å². The average Bonchev–Trinajstić information content (AvgIpc) is 2.45. The first-order chi connectivity index (χ1) is 10.3. The highest BCUT2D eigenvalue weighted by Gasteiger charge is 2.31. The summed E-state index contributed by atoms with van der Waals surface area (Å²) in [5.74, 6) is -0.692. The number of hydrogen-bond acceptors (Lipinski definition) is 2. The van der Waals surface area contributed by atoms with Crippen molar-refractivity contribution < 1.29 is 27.8 Å². The van der Waals surface area contributed by atoms with E-state index in [4.69, 9.17) is 9.84 Å². The lowest BCUT2D eigenvalue weighted by Crippen LogP contribution is -2.07. The second kappa shape index (κ2) is 7.87. The maximum Gasteiger partial charge on any atom is 0.416 e. The largest absolute Gasteiger partial charge is 0.493 e. The van der Waals surface area contributed by atoms with E-state index in [1.165, 1.54) is 12.1 Å². The molecule has 0 heterocycles. The van der Waals surface area contributed by atoms with Gasteiger partial charge in [-0.1, -0.05) is 19.9 Å². The minimum Gasteiger partial charge on any atom is -0.493 e. The van der Waals surface area contributed by atoms with Crippen molar-refractivity contribution in [3.05, 3.63) is 35.4 Å². The quantitative estimate of drug-likeness (QED) is 0.788. The summed E-state index contributed by atoms with van der Waals surface area (Å²) >= 11 is 0. The zero-order valence-electron chi connectivity index (χ0n) is 12.5. The number of carbonyl (C=O) groups is 1. The molecule has 0 aromatic heterocycles. The highest BCUT2D eigenvalue weighted by Crippen LogP contribution is 2.36.